The van der Waals surface area contributed by atoms with Crippen molar-refractivity contribution in [2.24, 2.45) is 11.8 Å². The summed E-state index contributed by atoms with van der Waals surface area (Å²) in [6.07, 6.45) is 6.90. The van der Waals surface area contributed by atoms with Crippen molar-refractivity contribution in [1.82, 2.24) is 15.1 Å². The average Bonchev–Trinajstić information content (AvgIpc) is 3.26. The second-order valence-electron chi connectivity index (χ2n) is 6.38. The van der Waals surface area contributed by atoms with E-state index in [0.29, 0.717) is 0 Å². The maximum Gasteiger partial charge on any atom is 0.0628 e. The third kappa shape index (κ3) is 2.86. The standard InChI is InChI=1S/C16H27N3/c1-4-15-11(2)18-19(12(15)3)10-9-17-16(13-5-6-13)14-7-8-14/h13-14,16-17H,4-10H2,1-3H3. The molecule has 0 spiro atoms. The molecule has 2 aliphatic carbocycles. The number of hydrogen-bond acceptors (Lipinski definition) is 2. The quantitative estimate of drug-likeness (QED) is 0.818. The highest BCUT2D eigenvalue weighted by molar-refractivity contribution is 5.24. The minimum atomic E-state index is 0.808. The number of aromatic nitrogens is 2. The molecule has 0 amide bonds. The van der Waals surface area contributed by atoms with E-state index in [1.54, 1.807) is 0 Å². The fourth-order valence-corrected chi connectivity index (χ4v) is 3.43. The molecule has 2 fully saturated rings. The van der Waals surface area contributed by atoms with Gasteiger partial charge in [0.15, 0.2) is 0 Å². The molecule has 3 rings (SSSR count). The van der Waals surface area contributed by atoms with E-state index in [2.05, 4.69) is 35.9 Å². The van der Waals surface area contributed by atoms with Gasteiger partial charge in [0.2, 0.25) is 0 Å². The maximum absolute atomic E-state index is 4.68. The SMILES string of the molecule is CCc1c(C)nn(CCNC(C2CC2)C2CC2)c1C. The van der Waals surface area contributed by atoms with Crippen LogP contribution >= 0.6 is 0 Å². The molecule has 0 unspecified atom stereocenters. The second-order valence-corrected chi connectivity index (χ2v) is 6.38. The van der Waals surface area contributed by atoms with Crippen molar-refractivity contribution in [3.05, 3.63) is 17.0 Å². The van der Waals surface area contributed by atoms with E-state index in [9.17, 15) is 0 Å². The molecule has 19 heavy (non-hydrogen) atoms. The second kappa shape index (κ2) is 5.28. The van der Waals surface area contributed by atoms with Gasteiger partial charge < -0.3 is 5.32 Å². The molecule has 3 nitrogen and oxygen atoms in total. The van der Waals surface area contributed by atoms with Gasteiger partial charge in [-0.15, -0.1) is 0 Å². The van der Waals surface area contributed by atoms with Crippen LogP contribution < -0.4 is 5.32 Å². The molecule has 1 aromatic heterocycles. The lowest BCUT2D eigenvalue weighted by atomic mass is 10.1. The predicted octanol–water partition coefficient (Wildman–Crippen LogP) is 2.84. The number of rotatable bonds is 7. The molecule has 1 aromatic rings. The normalized spacial score (nSPS) is 19.4. The van der Waals surface area contributed by atoms with E-state index in [1.165, 1.54) is 42.6 Å². The molecular weight excluding hydrogens is 234 g/mol. The minimum absolute atomic E-state index is 0.808. The molecule has 0 atom stereocenters. The van der Waals surface area contributed by atoms with Crippen molar-refractivity contribution in [2.75, 3.05) is 6.54 Å². The van der Waals surface area contributed by atoms with Gasteiger partial charge >= 0.3 is 0 Å². The van der Waals surface area contributed by atoms with Crippen molar-refractivity contribution in [2.45, 2.75) is 65.5 Å². The Hall–Kier alpha value is -0.830. The van der Waals surface area contributed by atoms with Gasteiger partial charge in [-0.25, -0.2) is 0 Å². The van der Waals surface area contributed by atoms with Crippen molar-refractivity contribution in [1.29, 1.82) is 0 Å². The number of nitrogens with one attached hydrogen (secondary N) is 1. The van der Waals surface area contributed by atoms with Crippen LogP contribution in [0.4, 0.5) is 0 Å². The van der Waals surface area contributed by atoms with Crippen LogP contribution in [0.25, 0.3) is 0 Å². The van der Waals surface area contributed by atoms with Gasteiger partial charge in [0.1, 0.15) is 0 Å². The summed E-state index contributed by atoms with van der Waals surface area (Å²) in [6.45, 7) is 8.65. The summed E-state index contributed by atoms with van der Waals surface area (Å²) in [6, 6.07) is 0.808. The third-order valence-electron chi connectivity index (χ3n) is 4.85. The molecule has 1 heterocycles. The van der Waals surface area contributed by atoms with Crippen LogP contribution in [0, 0.1) is 25.7 Å². The Morgan fingerprint density at radius 2 is 1.84 bits per heavy atom. The Balaban J connectivity index is 1.54. The fourth-order valence-electron chi connectivity index (χ4n) is 3.43. The average molecular weight is 261 g/mol. The molecular formula is C16H27N3. The highest BCUT2D eigenvalue weighted by atomic mass is 15.3. The first-order valence-corrected chi connectivity index (χ1v) is 7.97. The van der Waals surface area contributed by atoms with E-state index >= 15 is 0 Å². The van der Waals surface area contributed by atoms with Gasteiger partial charge in [0.05, 0.1) is 12.2 Å². The van der Waals surface area contributed by atoms with Crippen LogP contribution in [-0.2, 0) is 13.0 Å². The van der Waals surface area contributed by atoms with Crippen LogP contribution in [0.2, 0.25) is 0 Å². The summed E-state index contributed by atoms with van der Waals surface area (Å²) >= 11 is 0. The first kappa shape index (κ1) is 13.2. The topological polar surface area (TPSA) is 29.9 Å². The zero-order chi connectivity index (χ0) is 13.4. The Morgan fingerprint density at radius 1 is 1.21 bits per heavy atom. The minimum Gasteiger partial charge on any atom is -0.312 e. The van der Waals surface area contributed by atoms with E-state index < -0.39 is 0 Å². The zero-order valence-electron chi connectivity index (χ0n) is 12.6. The number of aryl methyl sites for hydroxylation is 1. The van der Waals surface area contributed by atoms with Crippen LogP contribution in [0.3, 0.4) is 0 Å². The molecule has 0 aromatic carbocycles. The Kier molecular flexibility index (Phi) is 3.66. The van der Waals surface area contributed by atoms with Crippen LogP contribution in [0.15, 0.2) is 0 Å². The summed E-state index contributed by atoms with van der Waals surface area (Å²) in [4.78, 5) is 0. The first-order chi connectivity index (χ1) is 9.20. The van der Waals surface area contributed by atoms with Crippen molar-refractivity contribution >= 4 is 0 Å². The molecule has 2 saturated carbocycles. The summed E-state index contributed by atoms with van der Waals surface area (Å²) in [5.74, 6) is 1.97. The highest BCUT2D eigenvalue weighted by Gasteiger charge is 2.40. The molecule has 0 radical (unpaired) electrons. The van der Waals surface area contributed by atoms with Crippen molar-refractivity contribution < 1.29 is 0 Å². The van der Waals surface area contributed by atoms with E-state index in [0.717, 1.165) is 37.4 Å². The Morgan fingerprint density at radius 3 is 2.32 bits per heavy atom. The van der Waals surface area contributed by atoms with Crippen LogP contribution in [0.5, 0.6) is 0 Å². The maximum atomic E-state index is 4.68. The predicted molar refractivity (Wildman–Crippen MR) is 78.3 cm³/mol. The van der Waals surface area contributed by atoms with Gasteiger partial charge in [-0.05, 0) is 63.4 Å². The number of hydrogen-bond donors (Lipinski definition) is 1. The summed E-state index contributed by atoms with van der Waals surface area (Å²) < 4.78 is 2.19. The van der Waals surface area contributed by atoms with Gasteiger partial charge in [-0.1, -0.05) is 6.92 Å². The molecule has 0 aliphatic heterocycles. The summed E-state index contributed by atoms with van der Waals surface area (Å²) in [5.41, 5.74) is 4.00. The van der Waals surface area contributed by atoms with Crippen molar-refractivity contribution in [3.8, 4) is 0 Å². The molecule has 0 bridgehead atoms. The van der Waals surface area contributed by atoms with E-state index in [4.69, 9.17) is 0 Å². The summed E-state index contributed by atoms with van der Waals surface area (Å²) in [5, 5.41) is 8.48. The van der Waals surface area contributed by atoms with Crippen LogP contribution in [-0.4, -0.2) is 22.4 Å². The first-order valence-electron chi connectivity index (χ1n) is 7.97. The van der Waals surface area contributed by atoms with Gasteiger partial charge in [0.25, 0.3) is 0 Å². The highest BCUT2D eigenvalue weighted by Crippen LogP contribution is 2.44. The lowest BCUT2D eigenvalue weighted by molar-refractivity contribution is 0.399. The molecule has 1 N–H and O–H groups in total. The fraction of sp³-hybridized carbons (Fsp3) is 0.812. The van der Waals surface area contributed by atoms with Gasteiger partial charge in [-0.3, -0.25) is 4.68 Å². The number of nitrogens with zero attached hydrogens (tertiary/aromatic N) is 2. The van der Waals surface area contributed by atoms with E-state index in [1.807, 2.05) is 0 Å². The molecule has 106 valence electrons. The Bertz CT molecular complexity index is 429. The molecule has 3 heteroatoms. The Labute approximate surface area is 116 Å². The van der Waals surface area contributed by atoms with E-state index in [-0.39, 0.29) is 0 Å². The van der Waals surface area contributed by atoms with Crippen molar-refractivity contribution in [3.63, 3.8) is 0 Å². The monoisotopic (exact) mass is 261 g/mol. The summed E-state index contributed by atoms with van der Waals surface area (Å²) in [7, 11) is 0. The third-order valence-corrected chi connectivity index (χ3v) is 4.85. The molecule has 0 saturated heterocycles. The largest absolute Gasteiger partial charge is 0.312 e. The molecule has 2 aliphatic rings. The zero-order valence-corrected chi connectivity index (χ0v) is 12.6. The lowest BCUT2D eigenvalue weighted by Gasteiger charge is -2.17. The van der Waals surface area contributed by atoms with Crippen LogP contribution in [0.1, 0.15) is 49.6 Å². The van der Waals surface area contributed by atoms with Gasteiger partial charge in [0, 0.05) is 18.3 Å². The smallest absolute Gasteiger partial charge is 0.0628 e. The van der Waals surface area contributed by atoms with Gasteiger partial charge in [-0.2, -0.15) is 5.10 Å². The lowest BCUT2D eigenvalue weighted by Crippen LogP contribution is -2.35.